The zero-order valence-electron chi connectivity index (χ0n) is 10.1. The maximum atomic E-state index is 9.73. The summed E-state index contributed by atoms with van der Waals surface area (Å²) in [5, 5.41) is 10.5. The van der Waals surface area contributed by atoms with Crippen molar-refractivity contribution in [2.75, 3.05) is 5.73 Å². The van der Waals surface area contributed by atoms with Gasteiger partial charge in [-0.05, 0) is 46.4 Å². The molecule has 0 saturated heterocycles. The number of hydrogen-bond acceptors (Lipinski definition) is 4. The largest absolute Gasteiger partial charge is 0.508 e. The van der Waals surface area contributed by atoms with Crippen molar-refractivity contribution in [1.29, 1.82) is 0 Å². The fourth-order valence-corrected chi connectivity index (χ4v) is 2.84. The summed E-state index contributed by atoms with van der Waals surface area (Å²) in [6.45, 7) is 0. The van der Waals surface area contributed by atoms with Gasteiger partial charge in [-0.15, -0.1) is 0 Å². The molecule has 3 N–H and O–H groups in total. The molecule has 0 fully saturated rings. The van der Waals surface area contributed by atoms with E-state index in [4.69, 9.17) is 5.73 Å². The molecular formula is C13H11IN4O. The van der Waals surface area contributed by atoms with E-state index in [1.165, 1.54) is 6.33 Å². The number of nitrogen functional groups attached to an aromatic ring is 1. The molecule has 0 aliphatic rings. The van der Waals surface area contributed by atoms with Crippen LogP contribution >= 0.6 is 22.6 Å². The Morgan fingerprint density at radius 3 is 2.79 bits per heavy atom. The van der Waals surface area contributed by atoms with Crippen LogP contribution in [-0.4, -0.2) is 19.6 Å². The zero-order chi connectivity index (χ0) is 13.6. The van der Waals surface area contributed by atoms with Gasteiger partial charge in [0.05, 0.1) is 5.39 Å². The number of aryl methyl sites for hydroxylation is 1. The molecule has 1 aromatic carbocycles. The highest BCUT2D eigenvalue weighted by atomic mass is 127. The van der Waals surface area contributed by atoms with Crippen LogP contribution in [0, 0.1) is 3.57 Å². The van der Waals surface area contributed by atoms with Crippen molar-refractivity contribution in [1.82, 2.24) is 14.5 Å². The number of rotatable bonds is 1. The summed E-state index contributed by atoms with van der Waals surface area (Å²) in [6.07, 6.45) is 3.40. The average molecular weight is 366 g/mol. The number of aromatic nitrogens is 3. The quantitative estimate of drug-likeness (QED) is 0.649. The molecule has 0 bridgehead atoms. The lowest BCUT2D eigenvalue weighted by Gasteiger charge is -2.03. The summed E-state index contributed by atoms with van der Waals surface area (Å²) >= 11 is 2.17. The van der Waals surface area contributed by atoms with Gasteiger partial charge in [-0.2, -0.15) is 0 Å². The van der Waals surface area contributed by atoms with Crippen LogP contribution in [0.4, 0.5) is 5.82 Å². The van der Waals surface area contributed by atoms with E-state index in [0.29, 0.717) is 5.82 Å². The number of fused-ring (bicyclic) bond motifs is 1. The number of hydrogen-bond donors (Lipinski definition) is 2. The summed E-state index contributed by atoms with van der Waals surface area (Å²) in [6, 6.07) is 5.40. The predicted octanol–water partition coefficient (Wildman–Crippen LogP) is 2.53. The minimum atomic E-state index is 0.231. The molecule has 19 heavy (non-hydrogen) atoms. The van der Waals surface area contributed by atoms with Gasteiger partial charge in [0.2, 0.25) is 0 Å². The summed E-state index contributed by atoms with van der Waals surface area (Å²) in [5.74, 6) is 0.674. The van der Waals surface area contributed by atoms with Crippen molar-refractivity contribution >= 4 is 39.4 Å². The van der Waals surface area contributed by atoms with Gasteiger partial charge in [0.1, 0.15) is 23.5 Å². The second-order valence-corrected chi connectivity index (χ2v) is 5.55. The highest BCUT2D eigenvalue weighted by molar-refractivity contribution is 14.1. The Labute approximate surface area is 123 Å². The van der Waals surface area contributed by atoms with Crippen molar-refractivity contribution in [3.8, 4) is 16.9 Å². The van der Waals surface area contributed by atoms with Gasteiger partial charge in [-0.3, -0.25) is 0 Å². The lowest BCUT2D eigenvalue weighted by molar-refractivity contribution is 0.475. The van der Waals surface area contributed by atoms with Crippen LogP contribution < -0.4 is 5.73 Å². The predicted molar refractivity (Wildman–Crippen MR) is 82.7 cm³/mol. The van der Waals surface area contributed by atoms with Gasteiger partial charge in [0.15, 0.2) is 0 Å². The second-order valence-electron chi connectivity index (χ2n) is 4.31. The maximum absolute atomic E-state index is 9.73. The Bertz CT molecular complexity index is 761. The summed E-state index contributed by atoms with van der Waals surface area (Å²) in [5.41, 5.74) is 8.55. The number of benzene rings is 1. The summed E-state index contributed by atoms with van der Waals surface area (Å²) in [4.78, 5) is 8.28. The van der Waals surface area contributed by atoms with Crippen molar-refractivity contribution in [3.05, 3.63) is 34.3 Å². The standard InChI is InChI=1S/C13H11IN4O/c1-18-5-10(7-2-8(14)4-9(19)3-7)11-12(15)16-6-17-13(11)18/h2-6,19H,1H3,(H2,15,16,17). The molecule has 5 nitrogen and oxygen atoms in total. The molecule has 2 heterocycles. The normalized spacial score (nSPS) is 11.1. The fourth-order valence-electron chi connectivity index (χ4n) is 2.18. The first-order chi connectivity index (χ1) is 9.06. The Hall–Kier alpha value is -1.83. The van der Waals surface area contributed by atoms with Crippen LogP contribution in [0.5, 0.6) is 5.75 Å². The Balaban J connectivity index is 2.36. The van der Waals surface area contributed by atoms with Crippen LogP contribution in [0.15, 0.2) is 30.7 Å². The fraction of sp³-hybridized carbons (Fsp3) is 0.0769. The first-order valence-corrected chi connectivity index (χ1v) is 6.69. The lowest BCUT2D eigenvalue weighted by Crippen LogP contribution is -1.94. The van der Waals surface area contributed by atoms with E-state index >= 15 is 0 Å². The van der Waals surface area contributed by atoms with Gasteiger partial charge in [0.25, 0.3) is 0 Å². The molecule has 2 aromatic heterocycles. The average Bonchev–Trinajstić information content (AvgIpc) is 2.67. The highest BCUT2D eigenvalue weighted by Gasteiger charge is 2.14. The molecular weight excluding hydrogens is 355 g/mol. The molecule has 96 valence electrons. The van der Waals surface area contributed by atoms with Crippen LogP contribution in [0.3, 0.4) is 0 Å². The van der Waals surface area contributed by atoms with E-state index in [-0.39, 0.29) is 5.75 Å². The number of nitrogens with zero attached hydrogens (tertiary/aromatic N) is 3. The summed E-state index contributed by atoms with van der Waals surface area (Å²) < 4.78 is 2.86. The second kappa shape index (κ2) is 4.37. The van der Waals surface area contributed by atoms with E-state index in [1.54, 1.807) is 12.1 Å². The third-order valence-electron chi connectivity index (χ3n) is 2.98. The monoisotopic (exact) mass is 366 g/mol. The number of phenols is 1. The topological polar surface area (TPSA) is 77.0 Å². The molecule has 6 heteroatoms. The molecule has 0 atom stereocenters. The smallest absolute Gasteiger partial charge is 0.145 e. The zero-order valence-corrected chi connectivity index (χ0v) is 12.3. The first-order valence-electron chi connectivity index (χ1n) is 5.61. The summed E-state index contributed by atoms with van der Waals surface area (Å²) in [7, 11) is 1.91. The van der Waals surface area contributed by atoms with Crippen LogP contribution in [-0.2, 0) is 7.05 Å². The van der Waals surface area contributed by atoms with Gasteiger partial charge in [0, 0.05) is 22.4 Å². The third kappa shape index (κ3) is 2.01. The Kier molecular flexibility index (Phi) is 2.81. The molecule has 0 radical (unpaired) electrons. The lowest BCUT2D eigenvalue weighted by atomic mass is 10.1. The van der Waals surface area contributed by atoms with Crippen LogP contribution in [0.1, 0.15) is 0 Å². The van der Waals surface area contributed by atoms with Crippen molar-refractivity contribution in [2.24, 2.45) is 7.05 Å². The molecule has 3 aromatic rings. The molecule has 0 amide bonds. The number of phenolic OH excluding ortho intramolecular Hbond substituents is 1. The number of anilines is 1. The van der Waals surface area contributed by atoms with E-state index in [2.05, 4.69) is 32.6 Å². The minimum Gasteiger partial charge on any atom is -0.508 e. The van der Waals surface area contributed by atoms with E-state index in [0.717, 1.165) is 25.7 Å². The van der Waals surface area contributed by atoms with Crippen molar-refractivity contribution in [2.45, 2.75) is 0 Å². The number of halogens is 1. The molecule has 0 saturated carbocycles. The van der Waals surface area contributed by atoms with Crippen LogP contribution in [0.25, 0.3) is 22.2 Å². The number of nitrogens with two attached hydrogens (primary N) is 1. The van der Waals surface area contributed by atoms with Gasteiger partial charge in [-0.1, -0.05) is 0 Å². The third-order valence-corrected chi connectivity index (χ3v) is 3.60. The van der Waals surface area contributed by atoms with Crippen molar-refractivity contribution in [3.63, 3.8) is 0 Å². The first kappa shape index (κ1) is 12.2. The van der Waals surface area contributed by atoms with Gasteiger partial charge >= 0.3 is 0 Å². The highest BCUT2D eigenvalue weighted by Crippen LogP contribution is 2.34. The van der Waals surface area contributed by atoms with Crippen LogP contribution in [0.2, 0.25) is 0 Å². The molecule has 0 unspecified atom stereocenters. The van der Waals surface area contributed by atoms with Gasteiger partial charge < -0.3 is 15.4 Å². The molecule has 3 rings (SSSR count). The van der Waals surface area contributed by atoms with Crippen molar-refractivity contribution < 1.29 is 5.11 Å². The Morgan fingerprint density at radius 1 is 1.26 bits per heavy atom. The molecule has 0 spiro atoms. The SMILES string of the molecule is Cn1cc(-c2cc(O)cc(I)c2)c2c(N)ncnc21. The Morgan fingerprint density at radius 2 is 2.05 bits per heavy atom. The molecule has 0 aliphatic carbocycles. The van der Waals surface area contributed by atoms with E-state index in [1.807, 2.05) is 23.9 Å². The molecule has 0 aliphatic heterocycles. The van der Waals surface area contributed by atoms with E-state index < -0.39 is 0 Å². The van der Waals surface area contributed by atoms with E-state index in [9.17, 15) is 5.11 Å². The number of aromatic hydroxyl groups is 1. The van der Waals surface area contributed by atoms with Gasteiger partial charge in [-0.25, -0.2) is 9.97 Å². The minimum absolute atomic E-state index is 0.231. The maximum Gasteiger partial charge on any atom is 0.145 e.